The molecule has 0 atom stereocenters. The summed E-state index contributed by atoms with van der Waals surface area (Å²) in [6, 6.07) is 7.16. The zero-order valence-corrected chi connectivity index (χ0v) is 21.4. The molecule has 35 heavy (non-hydrogen) atoms. The van der Waals surface area contributed by atoms with Crippen LogP contribution < -0.4 is 15.1 Å². The molecule has 0 aliphatic carbocycles. The van der Waals surface area contributed by atoms with Gasteiger partial charge in [-0.1, -0.05) is 16.6 Å². The summed E-state index contributed by atoms with van der Waals surface area (Å²) >= 11 is 0.957. The van der Waals surface area contributed by atoms with Gasteiger partial charge in [-0.15, -0.1) is 5.10 Å². The first-order valence-corrected chi connectivity index (χ1v) is 13.3. The summed E-state index contributed by atoms with van der Waals surface area (Å²) in [6.45, 7) is 5.27. The van der Waals surface area contributed by atoms with Crippen molar-refractivity contribution in [1.82, 2.24) is 24.3 Å². The Morgan fingerprint density at radius 1 is 1.20 bits per heavy atom. The van der Waals surface area contributed by atoms with E-state index in [4.69, 9.17) is 4.74 Å². The number of ether oxygens (including phenoxy) is 1. The van der Waals surface area contributed by atoms with E-state index in [1.807, 2.05) is 24.3 Å². The van der Waals surface area contributed by atoms with Gasteiger partial charge in [0.05, 0.1) is 31.6 Å². The number of hydrogen-bond donors (Lipinski definition) is 1. The molecule has 1 saturated heterocycles. The maximum Gasteiger partial charge on any atom is 0.327 e. The molecule has 1 N–H and O–H groups in total. The second-order valence-electron chi connectivity index (χ2n) is 8.00. The van der Waals surface area contributed by atoms with Crippen LogP contribution in [0, 0.1) is 6.92 Å². The van der Waals surface area contributed by atoms with E-state index in [2.05, 4.69) is 25.5 Å². The van der Waals surface area contributed by atoms with Crippen LogP contribution in [0.3, 0.4) is 0 Å². The van der Waals surface area contributed by atoms with Crippen LogP contribution in [0.25, 0.3) is 0 Å². The highest BCUT2D eigenvalue weighted by atomic mass is 32.2. The molecule has 1 aliphatic heterocycles. The van der Waals surface area contributed by atoms with E-state index in [0.717, 1.165) is 30.1 Å². The quantitative estimate of drug-likeness (QED) is 0.477. The molecule has 188 valence electrons. The van der Waals surface area contributed by atoms with Crippen LogP contribution >= 0.6 is 11.3 Å². The molecule has 12 nitrogen and oxygen atoms in total. The number of benzene rings is 1. The van der Waals surface area contributed by atoms with Gasteiger partial charge in [-0.25, -0.2) is 18.2 Å². The maximum atomic E-state index is 13.1. The van der Waals surface area contributed by atoms with Crippen molar-refractivity contribution in [2.45, 2.75) is 17.7 Å². The Morgan fingerprint density at radius 3 is 2.57 bits per heavy atom. The van der Waals surface area contributed by atoms with Gasteiger partial charge in [0.15, 0.2) is 9.34 Å². The number of rotatable bonds is 8. The summed E-state index contributed by atoms with van der Waals surface area (Å²) < 4.78 is 34.5. The lowest BCUT2D eigenvalue weighted by molar-refractivity contribution is 0.122. The minimum Gasteiger partial charge on any atom is -0.378 e. The summed E-state index contributed by atoms with van der Waals surface area (Å²) in [5, 5.41) is 10.7. The maximum absolute atomic E-state index is 13.1. The van der Waals surface area contributed by atoms with Crippen LogP contribution in [-0.4, -0.2) is 85.7 Å². The molecule has 1 aromatic carbocycles. The number of morpholine rings is 1. The molecule has 3 heterocycles. The Balaban J connectivity index is 1.40. The SMILES string of the molecule is Cc1nc(N(C)C(=O)Nc2ccc(N3CCOCC3)cc2)sc1S(=O)(=O)N(C)CCn1ccnn1. The Bertz CT molecular complexity index is 1240. The van der Waals surface area contributed by atoms with Crippen LogP contribution in [0.15, 0.2) is 40.9 Å². The van der Waals surface area contributed by atoms with Crippen molar-refractivity contribution in [2.75, 3.05) is 62.1 Å². The van der Waals surface area contributed by atoms with E-state index < -0.39 is 16.1 Å². The highest BCUT2D eigenvalue weighted by molar-refractivity contribution is 7.91. The van der Waals surface area contributed by atoms with Crippen molar-refractivity contribution < 1.29 is 17.9 Å². The fourth-order valence-electron chi connectivity index (χ4n) is 3.48. The van der Waals surface area contributed by atoms with Gasteiger partial charge in [0.1, 0.15) is 0 Å². The third-order valence-electron chi connectivity index (χ3n) is 5.59. The average molecular weight is 521 g/mol. The summed E-state index contributed by atoms with van der Waals surface area (Å²) in [5.74, 6) is 0. The fourth-order valence-corrected chi connectivity index (χ4v) is 6.29. The number of amides is 2. The van der Waals surface area contributed by atoms with Gasteiger partial charge in [0.2, 0.25) is 0 Å². The van der Waals surface area contributed by atoms with E-state index in [0.29, 0.717) is 31.1 Å². The van der Waals surface area contributed by atoms with Crippen molar-refractivity contribution >= 4 is 43.9 Å². The molecular weight excluding hydrogens is 492 g/mol. The zero-order valence-electron chi connectivity index (χ0n) is 19.8. The zero-order chi connectivity index (χ0) is 25.0. The number of sulfonamides is 1. The van der Waals surface area contributed by atoms with Gasteiger partial charge in [0, 0.05) is 51.3 Å². The van der Waals surface area contributed by atoms with Gasteiger partial charge >= 0.3 is 6.03 Å². The van der Waals surface area contributed by atoms with Crippen molar-refractivity contribution in [3.63, 3.8) is 0 Å². The summed E-state index contributed by atoms with van der Waals surface area (Å²) in [4.78, 5) is 20.7. The molecule has 14 heteroatoms. The monoisotopic (exact) mass is 520 g/mol. The average Bonchev–Trinajstić information content (AvgIpc) is 3.53. The third-order valence-corrected chi connectivity index (χ3v) is 9.27. The van der Waals surface area contributed by atoms with Crippen molar-refractivity contribution in [3.05, 3.63) is 42.4 Å². The Morgan fingerprint density at radius 2 is 1.91 bits per heavy atom. The van der Waals surface area contributed by atoms with Crippen LogP contribution in [0.2, 0.25) is 0 Å². The number of nitrogens with zero attached hydrogens (tertiary/aromatic N) is 7. The molecule has 0 saturated carbocycles. The summed E-state index contributed by atoms with van der Waals surface area (Å²) in [7, 11) is -0.722. The van der Waals surface area contributed by atoms with Gasteiger partial charge in [0.25, 0.3) is 10.0 Å². The minimum absolute atomic E-state index is 0.100. The van der Waals surface area contributed by atoms with Gasteiger partial charge < -0.3 is 15.0 Å². The smallest absolute Gasteiger partial charge is 0.327 e. The number of thiazole rings is 1. The number of carbonyl (C=O) groups excluding carboxylic acids is 1. The van der Waals surface area contributed by atoms with E-state index in [9.17, 15) is 13.2 Å². The summed E-state index contributed by atoms with van der Waals surface area (Å²) in [6.07, 6.45) is 3.20. The molecule has 4 rings (SSSR count). The largest absolute Gasteiger partial charge is 0.378 e. The van der Waals surface area contributed by atoms with Gasteiger partial charge in [-0.05, 0) is 31.2 Å². The predicted molar refractivity (Wildman–Crippen MR) is 134 cm³/mol. The number of carbonyl (C=O) groups is 1. The van der Waals surface area contributed by atoms with Crippen LogP contribution in [-0.2, 0) is 21.3 Å². The van der Waals surface area contributed by atoms with E-state index in [-0.39, 0.29) is 15.9 Å². The molecular formula is C21H28N8O4S2. The molecule has 0 spiro atoms. The van der Waals surface area contributed by atoms with Crippen LogP contribution in [0.4, 0.5) is 21.3 Å². The lowest BCUT2D eigenvalue weighted by Gasteiger charge is -2.29. The number of nitrogens with one attached hydrogen (secondary N) is 1. The van der Waals surface area contributed by atoms with Crippen molar-refractivity contribution in [3.8, 4) is 0 Å². The Kier molecular flexibility index (Phi) is 7.64. The molecule has 1 aliphatic rings. The first-order valence-electron chi connectivity index (χ1n) is 11.0. The van der Waals surface area contributed by atoms with Gasteiger partial charge in [-0.3, -0.25) is 9.58 Å². The molecule has 2 aromatic heterocycles. The molecule has 3 aromatic rings. The summed E-state index contributed by atoms with van der Waals surface area (Å²) in [5.41, 5.74) is 2.04. The number of aryl methyl sites for hydroxylation is 1. The lowest BCUT2D eigenvalue weighted by Crippen LogP contribution is -2.36. The molecule has 0 bridgehead atoms. The second-order valence-corrected chi connectivity index (χ2v) is 11.2. The molecule has 0 unspecified atom stereocenters. The van der Waals surface area contributed by atoms with Crippen molar-refractivity contribution in [1.29, 1.82) is 0 Å². The topological polar surface area (TPSA) is 126 Å². The number of aromatic nitrogens is 4. The number of urea groups is 1. The van der Waals surface area contributed by atoms with E-state index in [1.54, 1.807) is 24.9 Å². The highest BCUT2D eigenvalue weighted by Gasteiger charge is 2.28. The lowest BCUT2D eigenvalue weighted by atomic mass is 10.2. The van der Waals surface area contributed by atoms with Crippen molar-refractivity contribution in [2.24, 2.45) is 0 Å². The number of anilines is 3. The normalized spacial score (nSPS) is 14.3. The Labute approximate surface area is 208 Å². The van der Waals surface area contributed by atoms with E-state index >= 15 is 0 Å². The minimum atomic E-state index is -3.78. The van der Waals surface area contributed by atoms with Crippen LogP contribution in [0.5, 0.6) is 0 Å². The van der Waals surface area contributed by atoms with Crippen LogP contribution in [0.1, 0.15) is 5.69 Å². The first kappa shape index (κ1) is 25.0. The molecule has 0 radical (unpaired) electrons. The standard InChI is InChI=1S/C21H28N8O4S2/c1-16-19(35(31,32)26(2)10-11-29-9-8-22-25-29)34-21(23-16)27(3)20(30)24-17-4-6-18(7-5-17)28-12-14-33-15-13-28/h4-9H,10-15H2,1-3H3,(H,24,30). The fraction of sp³-hybridized carbons (Fsp3) is 0.429. The molecule has 1 fully saturated rings. The van der Waals surface area contributed by atoms with E-state index in [1.165, 1.54) is 22.4 Å². The highest BCUT2D eigenvalue weighted by Crippen LogP contribution is 2.31. The first-order chi connectivity index (χ1) is 16.8. The number of likely N-dealkylation sites (N-methyl/N-ethyl adjacent to an activating group) is 1. The van der Waals surface area contributed by atoms with Gasteiger partial charge in [-0.2, -0.15) is 4.31 Å². The Hall–Kier alpha value is -3.07. The second kappa shape index (κ2) is 10.7. The number of hydrogen-bond acceptors (Lipinski definition) is 9. The third kappa shape index (κ3) is 5.78. The predicted octanol–water partition coefficient (Wildman–Crippen LogP) is 1.87. The molecule has 2 amide bonds.